The summed E-state index contributed by atoms with van der Waals surface area (Å²) in [6, 6.07) is 6.45. The Kier molecular flexibility index (Phi) is 5.53. The third-order valence-corrected chi connectivity index (χ3v) is 2.16. The number of amides is 1. The Bertz CT molecular complexity index is 472. The summed E-state index contributed by atoms with van der Waals surface area (Å²) in [5.74, 6) is -0.826. The van der Waals surface area contributed by atoms with E-state index >= 15 is 0 Å². The van der Waals surface area contributed by atoms with E-state index in [1.807, 2.05) is 0 Å². The lowest BCUT2D eigenvalue weighted by Crippen LogP contribution is -2.30. The van der Waals surface area contributed by atoms with Gasteiger partial charge in [0.25, 0.3) is 0 Å². The fourth-order valence-electron chi connectivity index (χ4n) is 1.46. The molecule has 0 heterocycles. The Morgan fingerprint density at radius 3 is 2.58 bits per heavy atom. The molecule has 1 aromatic carbocycles. The summed E-state index contributed by atoms with van der Waals surface area (Å²) >= 11 is 0. The number of benzene rings is 1. The van der Waals surface area contributed by atoms with Crippen molar-refractivity contribution >= 4 is 24.0 Å². The van der Waals surface area contributed by atoms with Gasteiger partial charge in [-0.3, -0.25) is 14.4 Å². The van der Waals surface area contributed by atoms with E-state index in [4.69, 9.17) is 9.47 Å². The molecular formula is C13H15NO5. The maximum Gasteiger partial charge on any atom is 0.326 e. The van der Waals surface area contributed by atoms with Gasteiger partial charge in [-0.1, -0.05) is 12.1 Å². The predicted octanol–water partition coefficient (Wildman–Crippen LogP) is 1.14. The van der Waals surface area contributed by atoms with Crippen LogP contribution in [0.1, 0.15) is 13.8 Å². The topological polar surface area (TPSA) is 72.9 Å². The van der Waals surface area contributed by atoms with Gasteiger partial charge in [-0.15, -0.1) is 0 Å². The normalized spacial score (nSPS) is 9.58. The second-order valence-corrected chi connectivity index (χ2v) is 3.60. The molecule has 1 rings (SSSR count). The maximum atomic E-state index is 11.4. The van der Waals surface area contributed by atoms with Crippen molar-refractivity contribution in [3.63, 3.8) is 0 Å². The summed E-state index contributed by atoms with van der Waals surface area (Å²) in [5, 5.41) is 0. The predicted molar refractivity (Wildman–Crippen MR) is 67.8 cm³/mol. The highest BCUT2D eigenvalue weighted by molar-refractivity contribution is 5.88. The van der Waals surface area contributed by atoms with Crippen molar-refractivity contribution in [2.45, 2.75) is 13.8 Å². The SMILES string of the molecule is CCOC(=O)CN(C=O)c1ccccc1OC(C)=O. The van der Waals surface area contributed by atoms with E-state index in [2.05, 4.69) is 0 Å². The zero-order valence-corrected chi connectivity index (χ0v) is 10.8. The largest absolute Gasteiger partial charge is 0.465 e. The van der Waals surface area contributed by atoms with Crippen LogP contribution in [0, 0.1) is 0 Å². The lowest BCUT2D eigenvalue weighted by molar-refractivity contribution is -0.141. The standard InChI is InChI=1S/C13H15NO5/c1-3-18-13(17)8-14(9-15)11-6-4-5-7-12(11)19-10(2)16/h4-7,9H,3,8H2,1-2H3. The quantitative estimate of drug-likeness (QED) is 0.438. The Morgan fingerprint density at radius 2 is 2.00 bits per heavy atom. The number of anilines is 1. The van der Waals surface area contributed by atoms with Crippen LogP contribution in [0.25, 0.3) is 0 Å². The Labute approximate surface area is 110 Å². The fourth-order valence-corrected chi connectivity index (χ4v) is 1.46. The van der Waals surface area contributed by atoms with Crippen LogP contribution >= 0.6 is 0 Å². The van der Waals surface area contributed by atoms with Crippen LogP contribution in [-0.2, 0) is 19.1 Å². The number of nitrogens with zero attached hydrogens (tertiary/aromatic N) is 1. The van der Waals surface area contributed by atoms with Gasteiger partial charge in [0.15, 0.2) is 5.75 Å². The first kappa shape index (κ1) is 14.7. The molecule has 0 fully saturated rings. The third kappa shape index (κ3) is 4.42. The van der Waals surface area contributed by atoms with Crippen LogP contribution in [0.3, 0.4) is 0 Å². The number of para-hydroxylation sites is 2. The molecule has 0 aliphatic carbocycles. The minimum absolute atomic E-state index is 0.214. The van der Waals surface area contributed by atoms with Crippen molar-refractivity contribution < 1.29 is 23.9 Å². The van der Waals surface area contributed by atoms with Gasteiger partial charge in [0, 0.05) is 6.92 Å². The third-order valence-electron chi connectivity index (χ3n) is 2.16. The number of ether oxygens (including phenoxy) is 2. The second kappa shape index (κ2) is 7.15. The van der Waals surface area contributed by atoms with Crippen LogP contribution in [-0.4, -0.2) is 31.5 Å². The van der Waals surface area contributed by atoms with Crippen LogP contribution in [0.4, 0.5) is 5.69 Å². The number of carbonyl (C=O) groups is 3. The maximum absolute atomic E-state index is 11.4. The van der Waals surface area contributed by atoms with Gasteiger partial charge in [-0.05, 0) is 19.1 Å². The van der Waals surface area contributed by atoms with Gasteiger partial charge in [0.2, 0.25) is 6.41 Å². The molecule has 0 unspecified atom stereocenters. The van der Waals surface area contributed by atoms with Crippen LogP contribution < -0.4 is 9.64 Å². The average molecular weight is 265 g/mol. The van der Waals surface area contributed by atoms with Gasteiger partial charge in [0.05, 0.1) is 12.3 Å². The second-order valence-electron chi connectivity index (χ2n) is 3.60. The number of carbonyl (C=O) groups excluding carboxylic acids is 3. The molecule has 0 N–H and O–H groups in total. The summed E-state index contributed by atoms with van der Waals surface area (Å²) in [7, 11) is 0. The molecule has 0 bridgehead atoms. The molecule has 0 saturated carbocycles. The van der Waals surface area contributed by atoms with E-state index in [0.29, 0.717) is 12.1 Å². The van der Waals surface area contributed by atoms with Crippen LogP contribution in [0.5, 0.6) is 5.75 Å². The number of esters is 2. The highest BCUT2D eigenvalue weighted by Crippen LogP contribution is 2.27. The van der Waals surface area contributed by atoms with Crippen molar-refractivity contribution in [1.29, 1.82) is 0 Å². The Hall–Kier alpha value is -2.37. The first-order valence-electron chi connectivity index (χ1n) is 5.73. The van der Waals surface area contributed by atoms with E-state index < -0.39 is 11.9 Å². The Balaban J connectivity index is 2.94. The molecule has 0 aliphatic rings. The Morgan fingerprint density at radius 1 is 1.32 bits per heavy atom. The lowest BCUT2D eigenvalue weighted by atomic mass is 10.2. The zero-order chi connectivity index (χ0) is 14.3. The number of hydrogen-bond acceptors (Lipinski definition) is 5. The van der Waals surface area contributed by atoms with E-state index in [1.165, 1.54) is 6.92 Å². The average Bonchev–Trinajstić information content (AvgIpc) is 2.36. The molecule has 0 saturated heterocycles. The summed E-state index contributed by atoms with van der Waals surface area (Å²) < 4.78 is 9.75. The first-order chi connectivity index (χ1) is 9.08. The molecule has 6 heteroatoms. The first-order valence-corrected chi connectivity index (χ1v) is 5.73. The van der Waals surface area contributed by atoms with Gasteiger partial charge in [-0.25, -0.2) is 0 Å². The molecule has 0 aromatic heterocycles. The van der Waals surface area contributed by atoms with Gasteiger partial charge < -0.3 is 14.4 Å². The number of rotatable bonds is 6. The molecule has 6 nitrogen and oxygen atoms in total. The molecule has 0 atom stereocenters. The van der Waals surface area contributed by atoms with Crippen molar-refractivity contribution in [2.24, 2.45) is 0 Å². The fraction of sp³-hybridized carbons (Fsp3) is 0.308. The van der Waals surface area contributed by atoms with Crippen molar-refractivity contribution in [3.05, 3.63) is 24.3 Å². The van der Waals surface area contributed by atoms with E-state index in [0.717, 1.165) is 4.90 Å². The monoisotopic (exact) mass is 265 g/mol. The van der Waals surface area contributed by atoms with E-state index in [-0.39, 0.29) is 18.9 Å². The van der Waals surface area contributed by atoms with Gasteiger partial charge >= 0.3 is 11.9 Å². The minimum Gasteiger partial charge on any atom is -0.465 e. The van der Waals surface area contributed by atoms with Crippen LogP contribution in [0.2, 0.25) is 0 Å². The minimum atomic E-state index is -0.535. The molecule has 0 spiro atoms. The van der Waals surface area contributed by atoms with E-state index in [9.17, 15) is 14.4 Å². The van der Waals surface area contributed by atoms with Crippen molar-refractivity contribution in [1.82, 2.24) is 0 Å². The molecule has 0 radical (unpaired) electrons. The van der Waals surface area contributed by atoms with Crippen molar-refractivity contribution in [3.8, 4) is 5.75 Å². The highest BCUT2D eigenvalue weighted by Gasteiger charge is 2.16. The summed E-state index contributed by atoms with van der Waals surface area (Å²) in [5.41, 5.74) is 0.334. The summed E-state index contributed by atoms with van der Waals surface area (Å²) in [6.07, 6.45) is 0.485. The van der Waals surface area contributed by atoms with Gasteiger partial charge in [-0.2, -0.15) is 0 Å². The van der Waals surface area contributed by atoms with Crippen molar-refractivity contribution in [2.75, 3.05) is 18.1 Å². The van der Waals surface area contributed by atoms with Crippen LogP contribution in [0.15, 0.2) is 24.3 Å². The number of hydrogen-bond donors (Lipinski definition) is 0. The molecular weight excluding hydrogens is 250 g/mol. The van der Waals surface area contributed by atoms with E-state index in [1.54, 1.807) is 31.2 Å². The van der Waals surface area contributed by atoms with Gasteiger partial charge in [0.1, 0.15) is 6.54 Å². The lowest BCUT2D eigenvalue weighted by Gasteiger charge is -2.18. The zero-order valence-electron chi connectivity index (χ0n) is 10.8. The molecule has 102 valence electrons. The highest BCUT2D eigenvalue weighted by atomic mass is 16.5. The smallest absolute Gasteiger partial charge is 0.326 e. The molecule has 1 aromatic rings. The summed E-state index contributed by atoms with van der Waals surface area (Å²) in [6.45, 7) is 2.93. The molecule has 1 amide bonds. The molecule has 0 aliphatic heterocycles. The molecule has 19 heavy (non-hydrogen) atoms. The summed E-state index contributed by atoms with van der Waals surface area (Å²) in [4.78, 5) is 34.6.